The van der Waals surface area contributed by atoms with Gasteiger partial charge in [-0.3, -0.25) is 0 Å². The average Bonchev–Trinajstić information content (AvgIpc) is 2.67. The van der Waals surface area contributed by atoms with E-state index in [1.165, 1.54) is 37.9 Å². The fraction of sp³-hybridized carbons (Fsp3) is 0.500. The Labute approximate surface area is 160 Å². The first kappa shape index (κ1) is 22.7. The van der Waals surface area contributed by atoms with E-state index in [1.54, 1.807) is 0 Å². The second-order valence-corrected chi connectivity index (χ2v) is 6.07. The lowest BCUT2D eigenvalue weighted by Crippen LogP contribution is -2.32. The largest absolute Gasteiger partial charge is 0.491 e. The molecule has 0 amide bonds. The molecule has 27 heavy (non-hydrogen) atoms. The van der Waals surface area contributed by atoms with Crippen LogP contribution in [0.25, 0.3) is 0 Å². The lowest BCUT2D eigenvalue weighted by Gasteiger charge is -2.26. The highest BCUT2D eigenvalue weighted by atomic mass is 16.5. The quantitative estimate of drug-likeness (QED) is 0.386. The summed E-state index contributed by atoms with van der Waals surface area (Å²) in [4.78, 5) is 20.7. The number of likely N-dealkylation sites (tertiary alicyclic amines) is 1. The molecule has 1 saturated heterocycles. The molecular weight excluding hydrogens is 350 g/mol. The van der Waals surface area contributed by atoms with Gasteiger partial charge >= 0.3 is 11.9 Å². The summed E-state index contributed by atoms with van der Waals surface area (Å²) < 4.78 is 11.5. The van der Waals surface area contributed by atoms with Gasteiger partial charge in [-0.25, -0.2) is 9.59 Å². The zero-order valence-corrected chi connectivity index (χ0v) is 15.6. The zero-order valence-electron chi connectivity index (χ0n) is 15.6. The molecule has 0 unspecified atom stereocenters. The summed E-state index contributed by atoms with van der Waals surface area (Å²) in [5.74, 6) is -2.71. The van der Waals surface area contributed by atoms with Crippen LogP contribution in [0.15, 0.2) is 36.9 Å². The van der Waals surface area contributed by atoms with Gasteiger partial charge in [0.25, 0.3) is 0 Å². The second-order valence-electron chi connectivity index (χ2n) is 6.07. The summed E-state index contributed by atoms with van der Waals surface area (Å²) in [7, 11) is 0. The molecule has 0 bridgehead atoms. The third-order valence-electron chi connectivity index (χ3n) is 4.01. The number of carbonyl (C=O) groups is 2. The number of piperidine rings is 1. The standard InChI is InChI=1S/C18H27NO2.C2H2O4/c1-2-8-17-9-4-5-10-18(17)21-16-15-20-14-13-19-11-6-3-7-12-19;3-1(4)2(5)6/h2,4-5,9-10H,1,3,6-8,11-16H2;(H,3,4)(H,5,6). The van der Waals surface area contributed by atoms with Gasteiger partial charge in [0.05, 0.1) is 13.2 Å². The Morgan fingerprint density at radius 1 is 1.04 bits per heavy atom. The number of benzene rings is 1. The van der Waals surface area contributed by atoms with E-state index in [0.717, 1.165) is 25.3 Å². The van der Waals surface area contributed by atoms with Crippen LogP contribution in [0.2, 0.25) is 0 Å². The van der Waals surface area contributed by atoms with Crippen LogP contribution in [0.1, 0.15) is 24.8 Å². The monoisotopic (exact) mass is 379 g/mol. The molecule has 1 aromatic carbocycles. The number of para-hydroxylation sites is 1. The summed E-state index contributed by atoms with van der Waals surface area (Å²) in [5, 5.41) is 14.8. The minimum absolute atomic E-state index is 0.605. The number of carboxylic acids is 2. The maximum Gasteiger partial charge on any atom is 0.414 e. The van der Waals surface area contributed by atoms with Crippen molar-refractivity contribution in [2.45, 2.75) is 25.7 Å². The van der Waals surface area contributed by atoms with Gasteiger partial charge in [0.1, 0.15) is 12.4 Å². The van der Waals surface area contributed by atoms with E-state index < -0.39 is 11.9 Å². The normalized spacial score (nSPS) is 13.9. The Balaban J connectivity index is 0.000000527. The Morgan fingerprint density at radius 2 is 1.70 bits per heavy atom. The molecule has 1 fully saturated rings. The lowest BCUT2D eigenvalue weighted by molar-refractivity contribution is -0.159. The number of rotatable bonds is 9. The van der Waals surface area contributed by atoms with Gasteiger partial charge in [0, 0.05) is 6.54 Å². The Kier molecular flexibility index (Phi) is 11.6. The zero-order chi connectivity index (χ0) is 19.9. The van der Waals surface area contributed by atoms with Crippen LogP contribution in [0.5, 0.6) is 5.75 Å². The van der Waals surface area contributed by atoms with Crippen LogP contribution in [0, 0.1) is 0 Å². The van der Waals surface area contributed by atoms with Gasteiger partial charge in [-0.05, 0) is 44.0 Å². The minimum atomic E-state index is -1.82. The van der Waals surface area contributed by atoms with Gasteiger partial charge in [0.2, 0.25) is 0 Å². The van der Waals surface area contributed by atoms with E-state index in [2.05, 4.69) is 17.5 Å². The molecule has 150 valence electrons. The number of carboxylic acid groups (broad SMARTS) is 2. The first-order chi connectivity index (χ1) is 13.0. The van der Waals surface area contributed by atoms with Crippen molar-refractivity contribution < 1.29 is 29.3 Å². The Bertz CT molecular complexity index is 572. The molecule has 0 radical (unpaired) electrons. The maximum atomic E-state index is 9.10. The summed E-state index contributed by atoms with van der Waals surface area (Å²) in [6.45, 7) is 9.35. The molecule has 0 spiro atoms. The van der Waals surface area contributed by atoms with Crippen molar-refractivity contribution in [2.75, 3.05) is 39.5 Å². The van der Waals surface area contributed by atoms with Crippen molar-refractivity contribution >= 4 is 11.9 Å². The fourth-order valence-corrected chi connectivity index (χ4v) is 2.66. The first-order valence-electron chi connectivity index (χ1n) is 9.12. The van der Waals surface area contributed by atoms with E-state index >= 15 is 0 Å². The van der Waals surface area contributed by atoms with Gasteiger partial charge in [0.15, 0.2) is 0 Å². The molecule has 1 aromatic rings. The van der Waals surface area contributed by atoms with Crippen LogP contribution in [0.4, 0.5) is 0 Å². The molecule has 2 rings (SSSR count). The molecule has 1 aliphatic heterocycles. The number of hydrogen-bond donors (Lipinski definition) is 2. The predicted molar refractivity (Wildman–Crippen MR) is 102 cm³/mol. The van der Waals surface area contributed by atoms with Crippen LogP contribution < -0.4 is 4.74 Å². The third kappa shape index (κ3) is 10.4. The van der Waals surface area contributed by atoms with Crippen molar-refractivity contribution in [3.05, 3.63) is 42.5 Å². The highest BCUT2D eigenvalue weighted by Crippen LogP contribution is 2.18. The molecule has 2 N–H and O–H groups in total. The number of ether oxygens (including phenoxy) is 2. The number of nitrogens with zero attached hydrogens (tertiary/aromatic N) is 1. The van der Waals surface area contributed by atoms with Crippen LogP contribution in [0.3, 0.4) is 0 Å². The maximum absolute atomic E-state index is 9.10. The summed E-state index contributed by atoms with van der Waals surface area (Å²) in [6.07, 6.45) is 6.80. The third-order valence-corrected chi connectivity index (χ3v) is 4.01. The van der Waals surface area contributed by atoms with Crippen molar-refractivity contribution in [3.63, 3.8) is 0 Å². The molecule has 1 aliphatic rings. The molecule has 0 saturated carbocycles. The van der Waals surface area contributed by atoms with E-state index in [1.807, 2.05) is 24.3 Å². The van der Waals surface area contributed by atoms with E-state index in [-0.39, 0.29) is 0 Å². The van der Waals surface area contributed by atoms with Gasteiger partial charge in [-0.2, -0.15) is 0 Å². The summed E-state index contributed by atoms with van der Waals surface area (Å²) in [5.41, 5.74) is 1.18. The van der Waals surface area contributed by atoms with Crippen LogP contribution in [-0.4, -0.2) is 66.5 Å². The van der Waals surface area contributed by atoms with Crippen molar-refractivity contribution in [1.29, 1.82) is 0 Å². The number of hydrogen-bond acceptors (Lipinski definition) is 5. The molecular formula is C20H29NO6. The molecule has 7 heteroatoms. The van der Waals surface area contributed by atoms with E-state index in [9.17, 15) is 0 Å². The second kappa shape index (κ2) is 13.8. The Hall–Kier alpha value is -2.38. The molecule has 1 heterocycles. The topological polar surface area (TPSA) is 96.3 Å². The first-order valence-corrected chi connectivity index (χ1v) is 9.12. The lowest BCUT2D eigenvalue weighted by atomic mass is 10.1. The van der Waals surface area contributed by atoms with Gasteiger partial charge in [-0.1, -0.05) is 30.7 Å². The highest BCUT2D eigenvalue weighted by molar-refractivity contribution is 6.27. The Morgan fingerprint density at radius 3 is 2.33 bits per heavy atom. The number of aliphatic carboxylic acids is 2. The molecule has 7 nitrogen and oxygen atoms in total. The summed E-state index contributed by atoms with van der Waals surface area (Å²) >= 11 is 0. The number of allylic oxidation sites excluding steroid dienone is 1. The van der Waals surface area contributed by atoms with Gasteiger partial charge in [-0.15, -0.1) is 6.58 Å². The van der Waals surface area contributed by atoms with Crippen molar-refractivity contribution in [1.82, 2.24) is 4.90 Å². The predicted octanol–water partition coefficient (Wildman–Crippen LogP) is 2.45. The molecule has 0 aliphatic carbocycles. The van der Waals surface area contributed by atoms with Gasteiger partial charge < -0.3 is 24.6 Å². The average molecular weight is 379 g/mol. The van der Waals surface area contributed by atoms with E-state index in [4.69, 9.17) is 29.3 Å². The van der Waals surface area contributed by atoms with Crippen molar-refractivity contribution in [3.8, 4) is 5.75 Å². The van der Waals surface area contributed by atoms with Crippen molar-refractivity contribution in [2.24, 2.45) is 0 Å². The molecule has 0 atom stereocenters. The van der Waals surface area contributed by atoms with E-state index in [0.29, 0.717) is 13.2 Å². The molecule has 0 aromatic heterocycles. The minimum Gasteiger partial charge on any atom is -0.491 e. The SMILES string of the molecule is C=CCc1ccccc1OCCOCCN1CCCCC1.O=C(O)C(=O)O. The highest BCUT2D eigenvalue weighted by Gasteiger charge is 2.09. The van der Waals surface area contributed by atoms with Crippen LogP contribution >= 0.6 is 0 Å². The fourth-order valence-electron chi connectivity index (χ4n) is 2.66. The summed E-state index contributed by atoms with van der Waals surface area (Å²) in [6, 6.07) is 8.11. The smallest absolute Gasteiger partial charge is 0.414 e. The van der Waals surface area contributed by atoms with Crippen LogP contribution in [-0.2, 0) is 20.7 Å².